The van der Waals surface area contributed by atoms with Gasteiger partial charge in [-0.25, -0.2) is 0 Å². The molecule has 0 atom stereocenters. The van der Waals surface area contributed by atoms with Crippen molar-refractivity contribution < 1.29 is 9.53 Å². The van der Waals surface area contributed by atoms with Gasteiger partial charge in [0.1, 0.15) is 5.75 Å². The molecule has 0 heterocycles. The molecule has 0 fully saturated rings. The van der Waals surface area contributed by atoms with Gasteiger partial charge in [-0.3, -0.25) is 4.79 Å². The molecular weight excluding hydrogens is 344 g/mol. The van der Waals surface area contributed by atoms with Gasteiger partial charge in [-0.1, -0.05) is 22.0 Å². The highest BCUT2D eigenvalue weighted by atomic mass is 79.9. The summed E-state index contributed by atoms with van der Waals surface area (Å²) >= 11 is 3.36. The highest BCUT2D eigenvalue weighted by Crippen LogP contribution is 2.24. The Morgan fingerprint density at radius 3 is 2.41 bits per heavy atom. The molecule has 0 aliphatic carbocycles. The van der Waals surface area contributed by atoms with E-state index in [2.05, 4.69) is 21.2 Å². The third-order valence-electron chi connectivity index (χ3n) is 3.19. The molecule has 0 radical (unpaired) electrons. The highest BCUT2D eigenvalue weighted by molar-refractivity contribution is 9.10. The number of nitrogens with two attached hydrogens (primary N) is 1. The zero-order valence-corrected chi connectivity index (χ0v) is 14.4. The van der Waals surface area contributed by atoms with Crippen LogP contribution < -0.4 is 15.8 Å². The SMILES string of the molecule is Cc1ccc(NC(=O)C(C)(C)Oc2ccc(Br)cc2)c(N)c1. The Balaban J connectivity index is 2.11. The number of carbonyl (C=O) groups excluding carboxylic acids is 1. The molecule has 22 heavy (non-hydrogen) atoms. The van der Waals surface area contributed by atoms with Crippen LogP contribution in [0, 0.1) is 6.92 Å². The predicted octanol–water partition coefficient (Wildman–Crippen LogP) is 4.14. The standard InChI is InChI=1S/C17H19BrN2O2/c1-11-4-9-15(14(19)10-11)20-16(21)17(2,3)22-13-7-5-12(18)6-8-13/h4-10H,19H2,1-3H3,(H,20,21). The maximum Gasteiger partial charge on any atom is 0.268 e. The first-order valence-electron chi connectivity index (χ1n) is 6.90. The van der Waals surface area contributed by atoms with Crippen LogP contribution in [0.2, 0.25) is 0 Å². The second-order valence-electron chi connectivity index (χ2n) is 5.61. The summed E-state index contributed by atoms with van der Waals surface area (Å²) in [6.45, 7) is 5.38. The minimum absolute atomic E-state index is 0.258. The fourth-order valence-electron chi connectivity index (χ4n) is 1.91. The lowest BCUT2D eigenvalue weighted by Crippen LogP contribution is -2.42. The van der Waals surface area contributed by atoms with Gasteiger partial charge < -0.3 is 15.8 Å². The number of nitrogen functional groups attached to an aromatic ring is 1. The number of nitrogens with one attached hydrogen (secondary N) is 1. The summed E-state index contributed by atoms with van der Waals surface area (Å²) in [5, 5.41) is 2.81. The number of hydrogen-bond donors (Lipinski definition) is 2. The van der Waals surface area contributed by atoms with Gasteiger partial charge in [0.25, 0.3) is 5.91 Å². The lowest BCUT2D eigenvalue weighted by molar-refractivity contribution is -0.128. The van der Waals surface area contributed by atoms with Crippen molar-refractivity contribution in [2.24, 2.45) is 0 Å². The number of carbonyl (C=O) groups is 1. The van der Waals surface area contributed by atoms with Crippen molar-refractivity contribution in [1.29, 1.82) is 0 Å². The van der Waals surface area contributed by atoms with Gasteiger partial charge in [0, 0.05) is 4.47 Å². The maximum atomic E-state index is 12.4. The van der Waals surface area contributed by atoms with Crippen molar-refractivity contribution in [1.82, 2.24) is 0 Å². The summed E-state index contributed by atoms with van der Waals surface area (Å²) in [4.78, 5) is 12.4. The zero-order chi connectivity index (χ0) is 16.3. The molecule has 5 heteroatoms. The van der Waals surface area contributed by atoms with Crippen LogP contribution >= 0.6 is 15.9 Å². The predicted molar refractivity (Wildman–Crippen MR) is 93.1 cm³/mol. The van der Waals surface area contributed by atoms with Crippen molar-refractivity contribution in [3.8, 4) is 5.75 Å². The molecule has 4 nitrogen and oxygen atoms in total. The van der Waals surface area contributed by atoms with E-state index in [1.165, 1.54) is 0 Å². The highest BCUT2D eigenvalue weighted by Gasteiger charge is 2.30. The average molecular weight is 363 g/mol. The Morgan fingerprint density at radius 1 is 1.18 bits per heavy atom. The van der Waals surface area contributed by atoms with Gasteiger partial charge in [-0.05, 0) is 62.7 Å². The van der Waals surface area contributed by atoms with Crippen LogP contribution in [0.15, 0.2) is 46.9 Å². The smallest absolute Gasteiger partial charge is 0.268 e. The van der Waals surface area contributed by atoms with E-state index in [0.29, 0.717) is 17.1 Å². The Labute approximate surface area is 138 Å². The van der Waals surface area contributed by atoms with E-state index in [9.17, 15) is 4.79 Å². The van der Waals surface area contributed by atoms with Gasteiger partial charge in [0.05, 0.1) is 11.4 Å². The van der Waals surface area contributed by atoms with Crippen LogP contribution in [-0.4, -0.2) is 11.5 Å². The average Bonchev–Trinajstić information content (AvgIpc) is 2.44. The molecule has 3 N–H and O–H groups in total. The van der Waals surface area contributed by atoms with Crippen LogP contribution in [0.3, 0.4) is 0 Å². The van der Waals surface area contributed by atoms with Gasteiger partial charge in [-0.2, -0.15) is 0 Å². The van der Waals surface area contributed by atoms with Crippen molar-refractivity contribution in [3.05, 3.63) is 52.5 Å². The van der Waals surface area contributed by atoms with Crippen molar-refractivity contribution >= 4 is 33.2 Å². The molecule has 1 amide bonds. The number of halogens is 1. The number of hydrogen-bond acceptors (Lipinski definition) is 3. The van der Waals surface area contributed by atoms with Gasteiger partial charge in [-0.15, -0.1) is 0 Å². The quantitative estimate of drug-likeness (QED) is 0.803. The van der Waals surface area contributed by atoms with Crippen molar-refractivity contribution in [3.63, 3.8) is 0 Å². The number of ether oxygens (including phenoxy) is 1. The van der Waals surface area contributed by atoms with Gasteiger partial charge in [0.15, 0.2) is 5.60 Å². The molecule has 2 rings (SSSR count). The summed E-state index contributed by atoms with van der Waals surface area (Å²) in [6, 6.07) is 12.8. The second kappa shape index (κ2) is 6.40. The molecule has 0 spiro atoms. The topological polar surface area (TPSA) is 64.3 Å². The molecule has 0 saturated carbocycles. The number of rotatable bonds is 4. The summed E-state index contributed by atoms with van der Waals surface area (Å²) in [6.07, 6.45) is 0. The molecule has 0 bridgehead atoms. The molecule has 0 saturated heterocycles. The minimum Gasteiger partial charge on any atom is -0.478 e. The Bertz CT molecular complexity index is 682. The van der Waals surface area contributed by atoms with Gasteiger partial charge in [0.2, 0.25) is 0 Å². The molecule has 116 valence electrons. The summed E-state index contributed by atoms with van der Waals surface area (Å²) in [5.41, 5.74) is 7.06. The lowest BCUT2D eigenvalue weighted by Gasteiger charge is -2.25. The van der Waals surface area contributed by atoms with Crippen LogP contribution in [0.1, 0.15) is 19.4 Å². The molecule has 2 aromatic rings. The third-order valence-corrected chi connectivity index (χ3v) is 3.72. The van der Waals surface area contributed by atoms with Crippen LogP contribution in [0.4, 0.5) is 11.4 Å². The minimum atomic E-state index is -1.02. The molecule has 0 aliphatic heterocycles. The summed E-state index contributed by atoms with van der Waals surface area (Å²) in [7, 11) is 0. The Hall–Kier alpha value is -2.01. The van der Waals surface area contributed by atoms with Crippen molar-refractivity contribution in [2.45, 2.75) is 26.4 Å². The van der Waals surface area contributed by atoms with Crippen LogP contribution in [0.5, 0.6) is 5.75 Å². The number of amides is 1. The number of benzene rings is 2. The van der Waals surface area contributed by atoms with E-state index in [4.69, 9.17) is 10.5 Å². The fourth-order valence-corrected chi connectivity index (χ4v) is 2.18. The van der Waals surface area contributed by atoms with E-state index in [1.807, 2.05) is 31.2 Å². The van der Waals surface area contributed by atoms with E-state index in [-0.39, 0.29) is 5.91 Å². The van der Waals surface area contributed by atoms with E-state index in [1.54, 1.807) is 32.0 Å². The molecule has 0 aliphatic rings. The second-order valence-corrected chi connectivity index (χ2v) is 6.53. The summed E-state index contributed by atoms with van der Waals surface area (Å²) in [5.74, 6) is 0.367. The van der Waals surface area contributed by atoms with E-state index >= 15 is 0 Å². The van der Waals surface area contributed by atoms with E-state index in [0.717, 1.165) is 10.0 Å². The molecular formula is C17H19BrN2O2. The Kier molecular flexibility index (Phi) is 4.76. The first kappa shape index (κ1) is 16.4. The fraction of sp³-hybridized carbons (Fsp3) is 0.235. The van der Waals surface area contributed by atoms with Gasteiger partial charge >= 0.3 is 0 Å². The molecule has 0 unspecified atom stereocenters. The normalized spacial score (nSPS) is 11.1. The monoisotopic (exact) mass is 362 g/mol. The van der Waals surface area contributed by atoms with Crippen LogP contribution in [-0.2, 0) is 4.79 Å². The first-order valence-corrected chi connectivity index (χ1v) is 7.69. The largest absolute Gasteiger partial charge is 0.478 e. The van der Waals surface area contributed by atoms with E-state index < -0.39 is 5.60 Å². The molecule has 2 aromatic carbocycles. The maximum absolute atomic E-state index is 12.4. The number of aryl methyl sites for hydroxylation is 1. The number of anilines is 2. The lowest BCUT2D eigenvalue weighted by atomic mass is 10.1. The molecule has 0 aromatic heterocycles. The first-order chi connectivity index (χ1) is 10.3. The zero-order valence-electron chi connectivity index (χ0n) is 12.8. The summed E-state index contributed by atoms with van der Waals surface area (Å²) < 4.78 is 6.73. The Morgan fingerprint density at radius 2 is 1.82 bits per heavy atom. The van der Waals surface area contributed by atoms with Crippen molar-refractivity contribution in [2.75, 3.05) is 11.1 Å². The van der Waals surface area contributed by atoms with Crippen LogP contribution in [0.25, 0.3) is 0 Å². The third kappa shape index (κ3) is 4.01.